The van der Waals surface area contributed by atoms with Crippen molar-refractivity contribution < 1.29 is 0 Å². The molecule has 0 aliphatic rings. The van der Waals surface area contributed by atoms with Crippen LogP contribution in [0.1, 0.15) is 51.6 Å². The smallest absolute Gasteiger partial charge is 0.103 e. The third-order valence-corrected chi connectivity index (χ3v) is 3.31. The van der Waals surface area contributed by atoms with E-state index in [1.807, 2.05) is 13.1 Å². The number of aromatic amines is 1. The number of hydrogen-bond acceptors (Lipinski definition) is 1. The summed E-state index contributed by atoms with van der Waals surface area (Å²) in [5.41, 5.74) is 1.29. The van der Waals surface area contributed by atoms with Crippen LogP contribution >= 0.6 is 0 Å². The van der Waals surface area contributed by atoms with Crippen LogP contribution in [0.3, 0.4) is 0 Å². The SMILES string of the molecule is CCCC(C)C(CC)Cc1cnc(C)[nH]1. The van der Waals surface area contributed by atoms with Gasteiger partial charge in [-0.2, -0.15) is 0 Å². The maximum Gasteiger partial charge on any atom is 0.103 e. The molecule has 2 unspecified atom stereocenters. The highest BCUT2D eigenvalue weighted by molar-refractivity contribution is 5.01. The van der Waals surface area contributed by atoms with Gasteiger partial charge in [-0.25, -0.2) is 4.98 Å². The minimum Gasteiger partial charge on any atom is -0.346 e. The number of nitrogens with one attached hydrogen (secondary N) is 1. The lowest BCUT2D eigenvalue weighted by atomic mass is 9.85. The molecule has 15 heavy (non-hydrogen) atoms. The maximum absolute atomic E-state index is 4.25. The van der Waals surface area contributed by atoms with Gasteiger partial charge in [0.05, 0.1) is 0 Å². The molecule has 1 aromatic rings. The van der Waals surface area contributed by atoms with E-state index in [2.05, 4.69) is 30.7 Å². The molecule has 2 heteroatoms. The number of aromatic nitrogens is 2. The lowest BCUT2D eigenvalue weighted by Crippen LogP contribution is -2.14. The third-order valence-electron chi connectivity index (χ3n) is 3.31. The molecule has 1 N–H and O–H groups in total. The summed E-state index contributed by atoms with van der Waals surface area (Å²) >= 11 is 0. The molecule has 1 heterocycles. The van der Waals surface area contributed by atoms with Crippen molar-refractivity contribution in [3.8, 4) is 0 Å². The maximum atomic E-state index is 4.25. The van der Waals surface area contributed by atoms with E-state index >= 15 is 0 Å². The molecule has 0 bridgehead atoms. The van der Waals surface area contributed by atoms with Crippen LogP contribution in [0.15, 0.2) is 6.20 Å². The molecule has 2 atom stereocenters. The van der Waals surface area contributed by atoms with Gasteiger partial charge in [0.2, 0.25) is 0 Å². The van der Waals surface area contributed by atoms with E-state index in [0.717, 1.165) is 24.1 Å². The largest absolute Gasteiger partial charge is 0.346 e. The van der Waals surface area contributed by atoms with Gasteiger partial charge in [-0.1, -0.05) is 40.0 Å². The van der Waals surface area contributed by atoms with Crippen molar-refractivity contribution in [1.82, 2.24) is 9.97 Å². The van der Waals surface area contributed by atoms with Crippen molar-refractivity contribution in [3.05, 3.63) is 17.7 Å². The second-order valence-corrected chi connectivity index (χ2v) is 4.63. The van der Waals surface area contributed by atoms with Crippen molar-refractivity contribution in [2.75, 3.05) is 0 Å². The first-order chi connectivity index (χ1) is 7.17. The summed E-state index contributed by atoms with van der Waals surface area (Å²) in [5, 5.41) is 0. The number of imidazole rings is 1. The molecule has 0 saturated heterocycles. The highest BCUT2D eigenvalue weighted by atomic mass is 14.9. The Balaban J connectivity index is 2.53. The van der Waals surface area contributed by atoms with Gasteiger partial charge in [0.15, 0.2) is 0 Å². The monoisotopic (exact) mass is 208 g/mol. The van der Waals surface area contributed by atoms with Crippen LogP contribution in [0, 0.1) is 18.8 Å². The fourth-order valence-corrected chi connectivity index (χ4v) is 2.30. The molecule has 1 aromatic heterocycles. The normalized spacial score (nSPS) is 15.2. The van der Waals surface area contributed by atoms with E-state index in [9.17, 15) is 0 Å². The van der Waals surface area contributed by atoms with Gasteiger partial charge in [0, 0.05) is 11.9 Å². The fraction of sp³-hybridized carbons (Fsp3) is 0.769. The molecule has 1 rings (SSSR count). The Labute approximate surface area is 93.5 Å². The van der Waals surface area contributed by atoms with Crippen LogP contribution < -0.4 is 0 Å². The van der Waals surface area contributed by atoms with Crippen molar-refractivity contribution in [1.29, 1.82) is 0 Å². The molecular formula is C13H24N2. The van der Waals surface area contributed by atoms with Crippen molar-refractivity contribution in [3.63, 3.8) is 0 Å². The van der Waals surface area contributed by atoms with Gasteiger partial charge in [-0.3, -0.25) is 0 Å². The van der Waals surface area contributed by atoms with Crippen molar-refractivity contribution in [2.24, 2.45) is 11.8 Å². The standard InChI is InChI=1S/C13H24N2/c1-5-7-10(3)12(6-2)8-13-9-14-11(4)15-13/h9-10,12H,5-8H2,1-4H3,(H,14,15). The molecule has 0 aliphatic carbocycles. The molecular weight excluding hydrogens is 184 g/mol. The van der Waals surface area contributed by atoms with Gasteiger partial charge >= 0.3 is 0 Å². The van der Waals surface area contributed by atoms with Crippen LogP contribution in [-0.4, -0.2) is 9.97 Å². The Morgan fingerprint density at radius 3 is 2.60 bits per heavy atom. The summed E-state index contributed by atoms with van der Waals surface area (Å²) in [4.78, 5) is 7.58. The molecule has 2 nitrogen and oxygen atoms in total. The van der Waals surface area contributed by atoms with Crippen molar-refractivity contribution >= 4 is 0 Å². The highest BCUT2D eigenvalue weighted by Gasteiger charge is 2.15. The summed E-state index contributed by atoms with van der Waals surface area (Å²) in [6.45, 7) is 8.95. The van der Waals surface area contributed by atoms with Crippen LogP contribution in [0.4, 0.5) is 0 Å². The highest BCUT2D eigenvalue weighted by Crippen LogP contribution is 2.23. The minimum absolute atomic E-state index is 0.796. The first kappa shape index (κ1) is 12.3. The van der Waals surface area contributed by atoms with E-state index in [0.29, 0.717) is 0 Å². The predicted molar refractivity (Wildman–Crippen MR) is 64.9 cm³/mol. The molecule has 0 spiro atoms. The predicted octanol–water partition coefficient (Wildman–Crippen LogP) is 3.72. The number of aryl methyl sites for hydroxylation is 1. The van der Waals surface area contributed by atoms with Gasteiger partial charge in [-0.05, 0) is 25.2 Å². The molecule has 0 fully saturated rings. The zero-order valence-corrected chi connectivity index (χ0v) is 10.5. The van der Waals surface area contributed by atoms with Crippen LogP contribution in [0.5, 0.6) is 0 Å². The van der Waals surface area contributed by atoms with E-state index < -0.39 is 0 Å². The Hall–Kier alpha value is -0.790. The van der Waals surface area contributed by atoms with Gasteiger partial charge in [0.1, 0.15) is 5.82 Å². The molecule has 0 amide bonds. The van der Waals surface area contributed by atoms with Crippen LogP contribution in [-0.2, 0) is 6.42 Å². The second kappa shape index (κ2) is 5.94. The van der Waals surface area contributed by atoms with E-state index in [4.69, 9.17) is 0 Å². The second-order valence-electron chi connectivity index (χ2n) is 4.63. The van der Waals surface area contributed by atoms with E-state index in [1.165, 1.54) is 25.0 Å². The van der Waals surface area contributed by atoms with E-state index in [-0.39, 0.29) is 0 Å². The van der Waals surface area contributed by atoms with E-state index in [1.54, 1.807) is 0 Å². The van der Waals surface area contributed by atoms with Crippen LogP contribution in [0.25, 0.3) is 0 Å². The average Bonchev–Trinajstić information content (AvgIpc) is 2.61. The molecule has 0 aromatic carbocycles. The quantitative estimate of drug-likeness (QED) is 0.758. The third kappa shape index (κ3) is 3.69. The zero-order valence-electron chi connectivity index (χ0n) is 10.5. The van der Waals surface area contributed by atoms with Crippen LogP contribution in [0.2, 0.25) is 0 Å². The van der Waals surface area contributed by atoms with Gasteiger partial charge < -0.3 is 4.98 Å². The Kier molecular flexibility index (Phi) is 4.86. The lowest BCUT2D eigenvalue weighted by Gasteiger charge is -2.21. The molecule has 0 saturated carbocycles. The Bertz CT molecular complexity index is 278. The number of rotatable bonds is 6. The first-order valence-corrected chi connectivity index (χ1v) is 6.17. The fourth-order valence-electron chi connectivity index (χ4n) is 2.30. The zero-order chi connectivity index (χ0) is 11.3. The molecule has 0 radical (unpaired) electrons. The Morgan fingerprint density at radius 1 is 1.40 bits per heavy atom. The minimum atomic E-state index is 0.796. The molecule has 86 valence electrons. The number of nitrogens with zero attached hydrogens (tertiary/aromatic N) is 1. The summed E-state index contributed by atoms with van der Waals surface area (Å²) < 4.78 is 0. The number of hydrogen-bond donors (Lipinski definition) is 1. The van der Waals surface area contributed by atoms with Gasteiger partial charge in [-0.15, -0.1) is 0 Å². The van der Waals surface area contributed by atoms with Crippen molar-refractivity contribution in [2.45, 2.75) is 53.4 Å². The number of H-pyrrole nitrogens is 1. The summed E-state index contributed by atoms with van der Waals surface area (Å²) in [6.07, 6.45) is 7.03. The summed E-state index contributed by atoms with van der Waals surface area (Å²) in [7, 11) is 0. The first-order valence-electron chi connectivity index (χ1n) is 6.17. The Morgan fingerprint density at radius 2 is 2.13 bits per heavy atom. The lowest BCUT2D eigenvalue weighted by molar-refractivity contribution is 0.321. The average molecular weight is 208 g/mol. The summed E-state index contributed by atoms with van der Waals surface area (Å²) in [5.74, 6) is 2.65. The summed E-state index contributed by atoms with van der Waals surface area (Å²) in [6, 6.07) is 0. The van der Waals surface area contributed by atoms with Gasteiger partial charge in [0.25, 0.3) is 0 Å². The topological polar surface area (TPSA) is 28.7 Å². The molecule has 0 aliphatic heterocycles.